The van der Waals surface area contributed by atoms with E-state index in [1.165, 1.54) is 37.9 Å². The van der Waals surface area contributed by atoms with Gasteiger partial charge in [-0.3, -0.25) is 4.90 Å². The van der Waals surface area contributed by atoms with Gasteiger partial charge in [0.1, 0.15) is 0 Å². The van der Waals surface area contributed by atoms with E-state index in [2.05, 4.69) is 35.2 Å². The summed E-state index contributed by atoms with van der Waals surface area (Å²) >= 11 is 0. The van der Waals surface area contributed by atoms with Gasteiger partial charge in [0.2, 0.25) is 0 Å². The van der Waals surface area contributed by atoms with Crippen LogP contribution in [0.2, 0.25) is 0 Å². The number of nitrogens with two attached hydrogens (primary N) is 1. The van der Waals surface area contributed by atoms with Crippen LogP contribution in [0.3, 0.4) is 0 Å². The number of hydrogen-bond donors (Lipinski definition) is 1. The average Bonchev–Trinajstić information content (AvgIpc) is 3.20. The Balaban J connectivity index is 1.54. The van der Waals surface area contributed by atoms with Crippen molar-refractivity contribution in [3.05, 3.63) is 35.9 Å². The van der Waals surface area contributed by atoms with Crippen molar-refractivity contribution in [1.82, 2.24) is 4.90 Å². The topological polar surface area (TPSA) is 29.3 Å². The summed E-state index contributed by atoms with van der Waals surface area (Å²) < 4.78 is 0. The molecule has 2 heteroatoms. The molecular weight excluding hydrogens is 220 g/mol. The molecule has 2 N–H and O–H groups in total. The quantitative estimate of drug-likeness (QED) is 0.881. The molecule has 0 radical (unpaired) electrons. The zero-order chi connectivity index (χ0) is 12.4. The van der Waals surface area contributed by atoms with Gasteiger partial charge in [0.15, 0.2) is 0 Å². The molecule has 3 atom stereocenters. The maximum Gasteiger partial charge on any atom is 0.0233 e. The molecule has 2 nitrogen and oxygen atoms in total. The lowest BCUT2D eigenvalue weighted by molar-refractivity contribution is 0.151. The summed E-state index contributed by atoms with van der Waals surface area (Å²) in [5, 5.41) is 0. The highest BCUT2D eigenvalue weighted by atomic mass is 15.1. The third-order valence-electron chi connectivity index (χ3n) is 4.68. The molecule has 0 amide bonds. The zero-order valence-electron chi connectivity index (χ0n) is 11.1. The number of rotatable bonds is 4. The van der Waals surface area contributed by atoms with Crippen LogP contribution in [-0.2, 0) is 6.54 Å². The first-order valence-corrected chi connectivity index (χ1v) is 7.33. The van der Waals surface area contributed by atoms with Gasteiger partial charge in [0.05, 0.1) is 0 Å². The van der Waals surface area contributed by atoms with Crippen molar-refractivity contribution < 1.29 is 0 Å². The molecule has 0 bridgehead atoms. The van der Waals surface area contributed by atoms with E-state index in [1.54, 1.807) is 0 Å². The molecule has 1 aromatic rings. The first kappa shape index (κ1) is 12.2. The highest BCUT2D eigenvalue weighted by Gasteiger charge is 2.42. The van der Waals surface area contributed by atoms with Gasteiger partial charge >= 0.3 is 0 Å². The molecule has 98 valence electrons. The van der Waals surface area contributed by atoms with Crippen molar-refractivity contribution in [2.45, 2.75) is 25.8 Å². The Hall–Kier alpha value is -0.860. The van der Waals surface area contributed by atoms with Crippen molar-refractivity contribution in [1.29, 1.82) is 0 Å². The molecule has 1 saturated carbocycles. The molecule has 0 spiro atoms. The SMILES string of the molecule is NCC1CC1C1CCCN(Cc2ccccc2)C1. The van der Waals surface area contributed by atoms with E-state index in [0.717, 1.165) is 30.8 Å². The average molecular weight is 244 g/mol. The van der Waals surface area contributed by atoms with Crippen molar-refractivity contribution in [2.75, 3.05) is 19.6 Å². The fourth-order valence-electron chi connectivity index (χ4n) is 3.55. The zero-order valence-corrected chi connectivity index (χ0v) is 11.1. The largest absolute Gasteiger partial charge is 0.330 e. The Bertz CT molecular complexity index is 376. The summed E-state index contributed by atoms with van der Waals surface area (Å²) in [4.78, 5) is 2.63. The van der Waals surface area contributed by atoms with E-state index in [1.807, 2.05) is 0 Å². The molecule has 3 rings (SSSR count). The predicted octanol–water partition coefficient (Wildman–Crippen LogP) is 2.49. The first-order valence-electron chi connectivity index (χ1n) is 7.33. The minimum absolute atomic E-state index is 0.840. The standard InChI is InChI=1S/C16H24N2/c17-10-15-9-16(15)14-7-4-8-18(12-14)11-13-5-2-1-3-6-13/h1-3,5-6,14-16H,4,7-12,17H2. The van der Waals surface area contributed by atoms with Gasteiger partial charge in [-0.1, -0.05) is 30.3 Å². The molecule has 2 fully saturated rings. The third kappa shape index (κ3) is 2.76. The Morgan fingerprint density at radius 3 is 2.78 bits per heavy atom. The summed E-state index contributed by atoms with van der Waals surface area (Å²) in [6.07, 6.45) is 4.18. The summed E-state index contributed by atoms with van der Waals surface area (Å²) in [6, 6.07) is 10.9. The van der Waals surface area contributed by atoms with Crippen molar-refractivity contribution >= 4 is 0 Å². The van der Waals surface area contributed by atoms with Crippen molar-refractivity contribution in [3.8, 4) is 0 Å². The summed E-state index contributed by atoms with van der Waals surface area (Å²) in [5.74, 6) is 2.69. The Morgan fingerprint density at radius 1 is 1.22 bits per heavy atom. The second-order valence-electron chi connectivity index (χ2n) is 6.02. The maximum absolute atomic E-state index is 5.78. The van der Waals surface area contributed by atoms with Gasteiger partial charge in [-0.05, 0) is 55.7 Å². The predicted molar refractivity (Wildman–Crippen MR) is 75.1 cm³/mol. The monoisotopic (exact) mass is 244 g/mol. The molecule has 1 aliphatic heterocycles. The summed E-state index contributed by atoms with van der Waals surface area (Å²) in [6.45, 7) is 4.58. The fraction of sp³-hybridized carbons (Fsp3) is 0.625. The molecule has 3 unspecified atom stereocenters. The van der Waals surface area contributed by atoms with Crippen molar-refractivity contribution in [2.24, 2.45) is 23.5 Å². The normalized spacial score (nSPS) is 32.4. The molecule has 0 aromatic heterocycles. The van der Waals surface area contributed by atoms with E-state index < -0.39 is 0 Å². The van der Waals surface area contributed by atoms with Gasteiger partial charge in [0.25, 0.3) is 0 Å². The van der Waals surface area contributed by atoms with Gasteiger partial charge in [-0.2, -0.15) is 0 Å². The molecular formula is C16H24N2. The number of likely N-dealkylation sites (tertiary alicyclic amines) is 1. The van der Waals surface area contributed by atoms with Gasteiger partial charge in [-0.15, -0.1) is 0 Å². The van der Waals surface area contributed by atoms with Gasteiger partial charge in [-0.25, -0.2) is 0 Å². The third-order valence-corrected chi connectivity index (χ3v) is 4.68. The Labute approximate surface area is 110 Å². The van der Waals surface area contributed by atoms with Crippen LogP contribution in [0.5, 0.6) is 0 Å². The van der Waals surface area contributed by atoms with E-state index >= 15 is 0 Å². The highest BCUT2D eigenvalue weighted by Crippen LogP contribution is 2.46. The first-order chi connectivity index (χ1) is 8.86. The molecule has 1 aromatic carbocycles. The van der Waals surface area contributed by atoms with E-state index in [-0.39, 0.29) is 0 Å². The van der Waals surface area contributed by atoms with Crippen LogP contribution in [0.15, 0.2) is 30.3 Å². The van der Waals surface area contributed by atoms with Crippen LogP contribution in [0.1, 0.15) is 24.8 Å². The van der Waals surface area contributed by atoms with Crippen LogP contribution >= 0.6 is 0 Å². The molecule has 2 aliphatic rings. The smallest absolute Gasteiger partial charge is 0.0233 e. The van der Waals surface area contributed by atoms with E-state index in [9.17, 15) is 0 Å². The maximum atomic E-state index is 5.78. The van der Waals surface area contributed by atoms with Crippen molar-refractivity contribution in [3.63, 3.8) is 0 Å². The van der Waals surface area contributed by atoms with Crippen LogP contribution in [0, 0.1) is 17.8 Å². The van der Waals surface area contributed by atoms with Crippen LogP contribution in [-0.4, -0.2) is 24.5 Å². The van der Waals surface area contributed by atoms with E-state index in [0.29, 0.717) is 0 Å². The molecule has 18 heavy (non-hydrogen) atoms. The van der Waals surface area contributed by atoms with Gasteiger partial charge < -0.3 is 5.73 Å². The number of benzene rings is 1. The lowest BCUT2D eigenvalue weighted by atomic mass is 9.92. The minimum atomic E-state index is 0.840. The van der Waals surface area contributed by atoms with Crippen LogP contribution in [0.4, 0.5) is 0 Å². The van der Waals surface area contributed by atoms with Crippen LogP contribution < -0.4 is 5.73 Å². The lowest BCUT2D eigenvalue weighted by Crippen LogP contribution is -2.36. The second kappa shape index (κ2) is 5.41. The molecule has 1 aliphatic carbocycles. The van der Waals surface area contributed by atoms with Crippen LogP contribution in [0.25, 0.3) is 0 Å². The highest BCUT2D eigenvalue weighted by molar-refractivity contribution is 5.14. The minimum Gasteiger partial charge on any atom is -0.330 e. The summed E-state index contributed by atoms with van der Waals surface area (Å²) in [5.41, 5.74) is 7.22. The van der Waals surface area contributed by atoms with E-state index in [4.69, 9.17) is 5.73 Å². The second-order valence-corrected chi connectivity index (χ2v) is 6.02. The molecule has 1 saturated heterocycles. The Kier molecular flexibility index (Phi) is 3.67. The van der Waals surface area contributed by atoms with Gasteiger partial charge in [0, 0.05) is 13.1 Å². The number of nitrogens with zero attached hydrogens (tertiary/aromatic N) is 1. The summed E-state index contributed by atoms with van der Waals surface area (Å²) in [7, 11) is 0. The number of hydrogen-bond acceptors (Lipinski definition) is 2. The fourth-order valence-corrected chi connectivity index (χ4v) is 3.55. The lowest BCUT2D eigenvalue weighted by Gasteiger charge is -2.33. The molecule has 1 heterocycles. The Morgan fingerprint density at radius 2 is 2.06 bits per heavy atom. The number of piperidine rings is 1.